The van der Waals surface area contributed by atoms with Crippen LogP contribution in [0.4, 0.5) is 17.2 Å². The van der Waals surface area contributed by atoms with Gasteiger partial charge in [0.2, 0.25) is 11.7 Å². The predicted molar refractivity (Wildman–Crippen MR) is 224 cm³/mol. The summed E-state index contributed by atoms with van der Waals surface area (Å²) < 4.78 is 16.5. The number of carbonyl (C=O) groups is 5. The molecule has 3 N–H and O–H groups in total. The van der Waals surface area contributed by atoms with Gasteiger partial charge in [0.1, 0.15) is 17.1 Å². The van der Waals surface area contributed by atoms with Crippen molar-refractivity contribution in [3.05, 3.63) is 88.9 Å². The molecule has 16 heteroatoms. The first-order valence-corrected chi connectivity index (χ1v) is 19.7. The van der Waals surface area contributed by atoms with Crippen molar-refractivity contribution < 1.29 is 33.4 Å². The summed E-state index contributed by atoms with van der Waals surface area (Å²) in [6.07, 6.45) is 8.65. The second-order valence-electron chi connectivity index (χ2n) is 16.1. The Morgan fingerprint density at radius 3 is 2.42 bits per heavy atom. The molecule has 16 nitrogen and oxygen atoms in total. The Labute approximate surface area is 343 Å². The van der Waals surface area contributed by atoms with E-state index in [0.717, 1.165) is 11.1 Å². The molecule has 5 heterocycles. The van der Waals surface area contributed by atoms with Crippen LogP contribution in [0.2, 0.25) is 0 Å². The summed E-state index contributed by atoms with van der Waals surface area (Å²) in [6.45, 7) is 13.6. The number of nitrogens with zero attached hydrogens (tertiary/aromatic N) is 6. The minimum atomic E-state index is -0.401. The van der Waals surface area contributed by atoms with Gasteiger partial charge in [0.05, 0.1) is 35.2 Å². The smallest absolute Gasteiger partial charge is 0.272 e. The van der Waals surface area contributed by atoms with Crippen LogP contribution in [-0.2, 0) is 37.1 Å². The van der Waals surface area contributed by atoms with Crippen LogP contribution < -0.4 is 20.7 Å². The molecule has 312 valence electrons. The maximum Gasteiger partial charge on any atom is 0.272 e. The molecule has 4 amide bonds. The van der Waals surface area contributed by atoms with Crippen molar-refractivity contribution in [1.29, 1.82) is 0 Å². The highest BCUT2D eigenvalue weighted by Gasteiger charge is 2.34. The number of fused-ring (bicyclic) bond motifs is 2. The van der Waals surface area contributed by atoms with Crippen LogP contribution in [0.3, 0.4) is 0 Å². The molecule has 6 rings (SSSR count). The lowest BCUT2D eigenvalue weighted by molar-refractivity contribution is -0.116. The first-order valence-electron chi connectivity index (χ1n) is 19.7. The first kappa shape index (κ1) is 42.3. The molecule has 1 saturated heterocycles. The Morgan fingerprint density at radius 1 is 0.915 bits per heavy atom. The van der Waals surface area contributed by atoms with E-state index in [1.807, 2.05) is 27.7 Å². The van der Waals surface area contributed by atoms with Crippen LogP contribution in [0.5, 0.6) is 5.75 Å². The number of hydrogen-bond donors (Lipinski definition) is 3. The van der Waals surface area contributed by atoms with E-state index in [0.29, 0.717) is 78.6 Å². The predicted octanol–water partition coefficient (Wildman–Crippen LogP) is 5.30. The zero-order valence-electron chi connectivity index (χ0n) is 34.8. The number of benzene rings is 1. The minimum absolute atomic E-state index is 0.0245. The van der Waals surface area contributed by atoms with Gasteiger partial charge in [0.15, 0.2) is 11.6 Å². The maximum absolute atomic E-state index is 13.3. The van der Waals surface area contributed by atoms with E-state index in [4.69, 9.17) is 9.47 Å². The molecule has 0 spiro atoms. The van der Waals surface area contributed by atoms with Crippen molar-refractivity contribution in [2.75, 3.05) is 36.9 Å². The number of aliphatic imine (C=N–C) groups is 1. The van der Waals surface area contributed by atoms with Crippen LogP contribution >= 0.6 is 0 Å². The van der Waals surface area contributed by atoms with Crippen molar-refractivity contribution in [3.8, 4) is 5.75 Å². The van der Waals surface area contributed by atoms with Gasteiger partial charge in [-0.3, -0.25) is 29.0 Å². The quantitative estimate of drug-likeness (QED) is 0.0774. The van der Waals surface area contributed by atoms with Crippen molar-refractivity contribution in [2.45, 2.75) is 71.4 Å². The Morgan fingerprint density at radius 2 is 1.66 bits per heavy atom. The fourth-order valence-electron chi connectivity index (χ4n) is 7.04. The van der Waals surface area contributed by atoms with Crippen LogP contribution in [0.25, 0.3) is 0 Å². The minimum Gasteiger partial charge on any atom is -0.493 e. The number of Topliss-reactive ketones (excluding diaryl/α,β-unsaturated/α-hetero) is 1. The van der Waals surface area contributed by atoms with Gasteiger partial charge < -0.3 is 44.0 Å². The van der Waals surface area contributed by atoms with Gasteiger partial charge in [-0.2, -0.15) is 0 Å². The van der Waals surface area contributed by atoms with E-state index in [1.165, 1.54) is 0 Å². The molecule has 0 unspecified atom stereocenters. The fraction of sp³-hybridized carbons (Fsp3) is 0.419. The lowest BCUT2D eigenvalue weighted by atomic mass is 10.1. The van der Waals surface area contributed by atoms with Gasteiger partial charge in [0.25, 0.3) is 17.7 Å². The Bertz CT molecular complexity index is 2320. The van der Waals surface area contributed by atoms with Gasteiger partial charge in [-0.1, -0.05) is 12.2 Å². The van der Waals surface area contributed by atoms with E-state index < -0.39 is 5.91 Å². The van der Waals surface area contributed by atoms with Gasteiger partial charge >= 0.3 is 0 Å². The van der Waals surface area contributed by atoms with Crippen molar-refractivity contribution >= 4 is 52.8 Å². The van der Waals surface area contributed by atoms with Gasteiger partial charge in [0, 0.05) is 84.6 Å². The average Bonchev–Trinajstić information content (AvgIpc) is 3.91. The zero-order chi connectivity index (χ0) is 42.6. The molecule has 0 bridgehead atoms. The summed E-state index contributed by atoms with van der Waals surface area (Å²) in [4.78, 5) is 76.1. The lowest BCUT2D eigenvalue weighted by Gasteiger charge is -2.20. The number of carbonyl (C=O) groups excluding carboxylic acids is 5. The number of rotatable bonds is 16. The third-order valence-electron chi connectivity index (χ3n) is 9.96. The molecule has 1 fully saturated rings. The number of aryl methyl sites for hydroxylation is 4. The highest BCUT2D eigenvalue weighted by molar-refractivity contribution is 6.05. The van der Waals surface area contributed by atoms with Crippen molar-refractivity contribution in [2.24, 2.45) is 26.1 Å². The Balaban J connectivity index is 0.962. The number of aromatic nitrogens is 4. The molecule has 1 atom stereocenters. The number of hydrogen-bond acceptors (Lipinski definition) is 9. The molecule has 4 aromatic rings. The molecule has 0 aliphatic carbocycles. The molecule has 3 aromatic heterocycles. The molecule has 0 saturated carbocycles. The van der Waals surface area contributed by atoms with E-state index >= 15 is 0 Å². The van der Waals surface area contributed by atoms with Crippen molar-refractivity contribution in [3.63, 3.8) is 0 Å². The highest BCUT2D eigenvalue weighted by atomic mass is 16.5. The van der Waals surface area contributed by atoms with Crippen LogP contribution in [-0.4, -0.2) is 97.2 Å². The Hall–Kier alpha value is -6.29. The molecular weight excluding hydrogens is 755 g/mol. The molecule has 0 radical (unpaired) electrons. The summed E-state index contributed by atoms with van der Waals surface area (Å²) in [5.74, 6) is -0.319. The largest absolute Gasteiger partial charge is 0.493 e. The molecule has 2 aliphatic rings. The van der Waals surface area contributed by atoms with E-state index in [2.05, 4.69) is 32.5 Å². The second kappa shape index (κ2) is 17.7. The molecular formula is C43H53N9O7. The van der Waals surface area contributed by atoms with Gasteiger partial charge in [-0.05, 0) is 76.3 Å². The van der Waals surface area contributed by atoms with E-state index in [-0.39, 0.29) is 66.2 Å². The fourth-order valence-corrected chi connectivity index (χ4v) is 7.04. The standard InChI is InChI=1S/C43H53N9O7/c1-26-15-30-21-45-32-20-36(27(2)16-31(32)42(57)52(30)22-26)58-13-9-11-38(54)47-37-25-51(8)39(48-37)35(53)18-28-17-33(49(6)23-28)41(56)46-29-19-34(50(7)24-29)40(55)44-12-10-14-59-43(3,4)5/h16-17,19-21,23-25,30H,1,9-15,18,22H2,2-8H3,(H,44,55)(H,46,56)(H,47,54)/t30-/m1/s1. The molecule has 59 heavy (non-hydrogen) atoms. The summed E-state index contributed by atoms with van der Waals surface area (Å²) in [5, 5.41) is 8.47. The number of ether oxygens (including phenoxy) is 2. The summed E-state index contributed by atoms with van der Waals surface area (Å²) in [5.41, 5.74) is 4.43. The van der Waals surface area contributed by atoms with E-state index in [9.17, 15) is 24.0 Å². The average molecular weight is 808 g/mol. The number of imidazole rings is 1. The molecule has 2 aliphatic heterocycles. The number of ketones is 1. The Kier molecular flexibility index (Phi) is 12.7. The number of nitrogens with one attached hydrogen (secondary N) is 3. The SMILES string of the molecule is C=C1C[C@@H]2C=Nc3cc(OCCCC(=O)Nc4cn(C)c(C(=O)Cc5cc(C(=O)Nc6cc(C(=O)NCCCOC(C)(C)C)n(C)c6)n(C)c5)n4)c(C)cc3C(=O)N2C1. The van der Waals surface area contributed by atoms with E-state index in [1.54, 1.807) is 88.8 Å². The summed E-state index contributed by atoms with van der Waals surface area (Å²) in [7, 11) is 5.11. The first-order chi connectivity index (χ1) is 27.9. The lowest BCUT2D eigenvalue weighted by Crippen LogP contribution is -2.35. The van der Waals surface area contributed by atoms with Crippen LogP contribution in [0.15, 0.2) is 60.0 Å². The van der Waals surface area contributed by atoms with Gasteiger partial charge in [-0.25, -0.2) is 4.98 Å². The number of anilines is 2. The monoisotopic (exact) mass is 807 g/mol. The summed E-state index contributed by atoms with van der Waals surface area (Å²) >= 11 is 0. The van der Waals surface area contributed by atoms with Gasteiger partial charge in [-0.15, -0.1) is 0 Å². The normalized spacial score (nSPS) is 14.8. The zero-order valence-corrected chi connectivity index (χ0v) is 34.8. The summed E-state index contributed by atoms with van der Waals surface area (Å²) in [6, 6.07) is 6.72. The number of amides is 4. The second-order valence-corrected chi connectivity index (χ2v) is 16.1. The van der Waals surface area contributed by atoms with Crippen molar-refractivity contribution in [1.82, 2.24) is 28.9 Å². The topological polar surface area (TPSA) is 183 Å². The highest BCUT2D eigenvalue weighted by Crippen LogP contribution is 2.35. The maximum atomic E-state index is 13.3. The van der Waals surface area contributed by atoms with Crippen LogP contribution in [0.1, 0.15) is 99.5 Å². The van der Waals surface area contributed by atoms with Crippen LogP contribution in [0, 0.1) is 6.92 Å². The third-order valence-corrected chi connectivity index (χ3v) is 9.96. The third kappa shape index (κ3) is 10.4. The molecule has 1 aromatic carbocycles.